The summed E-state index contributed by atoms with van der Waals surface area (Å²) in [5.74, 6) is -4.41. The van der Waals surface area contributed by atoms with Gasteiger partial charge in [0, 0.05) is 17.2 Å². The van der Waals surface area contributed by atoms with E-state index < -0.39 is 43.8 Å². The molecule has 0 spiro atoms. The first-order valence-corrected chi connectivity index (χ1v) is 11.1. The van der Waals surface area contributed by atoms with Crippen LogP contribution in [0.4, 0.5) is 8.78 Å². The van der Waals surface area contributed by atoms with Gasteiger partial charge in [-0.15, -0.1) is 0 Å². The van der Waals surface area contributed by atoms with Crippen molar-refractivity contribution in [2.75, 3.05) is 6.61 Å². The van der Waals surface area contributed by atoms with E-state index in [1.54, 1.807) is 37.3 Å². The number of carbonyl (C=O) groups is 1. The number of carbonyl (C=O) groups excluding carboxylic acids is 1. The van der Waals surface area contributed by atoms with Crippen LogP contribution in [0.2, 0.25) is 5.02 Å². The summed E-state index contributed by atoms with van der Waals surface area (Å²) < 4.78 is 59.5. The zero-order chi connectivity index (χ0) is 22.8. The van der Waals surface area contributed by atoms with Gasteiger partial charge in [0.25, 0.3) is 0 Å². The number of aromatic hydroxyl groups is 1. The lowest BCUT2D eigenvalue weighted by Crippen LogP contribution is -2.11. The molecular formula is C22H17ClF2O5S. The van der Waals surface area contributed by atoms with Crippen LogP contribution >= 0.6 is 11.6 Å². The van der Waals surface area contributed by atoms with E-state index in [2.05, 4.69) is 0 Å². The molecule has 3 aromatic carbocycles. The molecule has 3 rings (SSSR count). The number of benzene rings is 3. The smallest absolute Gasteiger partial charge is 0.338 e. The summed E-state index contributed by atoms with van der Waals surface area (Å²) in [6, 6.07) is 11.9. The second-order valence-corrected chi connectivity index (χ2v) is 8.94. The molecule has 9 heteroatoms. The van der Waals surface area contributed by atoms with Crippen molar-refractivity contribution >= 4 is 27.4 Å². The van der Waals surface area contributed by atoms with Crippen LogP contribution in [-0.4, -0.2) is 26.1 Å². The van der Waals surface area contributed by atoms with Crippen molar-refractivity contribution in [3.63, 3.8) is 0 Å². The molecular weight excluding hydrogens is 450 g/mol. The molecule has 0 aliphatic carbocycles. The highest BCUT2D eigenvalue weighted by atomic mass is 35.5. The molecule has 0 radical (unpaired) electrons. The molecule has 162 valence electrons. The number of rotatable bonds is 6. The van der Waals surface area contributed by atoms with Gasteiger partial charge in [0.05, 0.1) is 22.9 Å². The van der Waals surface area contributed by atoms with E-state index in [4.69, 9.17) is 16.3 Å². The minimum absolute atomic E-state index is 0.0229. The molecule has 5 nitrogen and oxygen atoms in total. The summed E-state index contributed by atoms with van der Waals surface area (Å²) >= 11 is 5.88. The average molecular weight is 467 g/mol. The molecule has 0 atom stereocenters. The maximum absolute atomic E-state index is 14.4. The van der Waals surface area contributed by atoms with Crippen molar-refractivity contribution < 1.29 is 31.8 Å². The number of phenols is 1. The minimum atomic E-state index is -4.38. The van der Waals surface area contributed by atoms with E-state index in [1.165, 1.54) is 0 Å². The fourth-order valence-corrected chi connectivity index (χ4v) is 4.74. The highest BCUT2D eigenvalue weighted by Gasteiger charge is 2.26. The van der Waals surface area contributed by atoms with E-state index >= 15 is 0 Å². The first kappa shape index (κ1) is 22.7. The average Bonchev–Trinajstić information content (AvgIpc) is 2.72. The van der Waals surface area contributed by atoms with Gasteiger partial charge < -0.3 is 9.84 Å². The summed E-state index contributed by atoms with van der Waals surface area (Å²) in [7, 11) is -4.38. The van der Waals surface area contributed by atoms with Crippen LogP contribution in [0.15, 0.2) is 59.5 Å². The number of halogens is 3. The standard InChI is InChI=1S/C22H17ClF2O5S/c1-2-30-22(27)14-9-17(23)21(26)20(10-14)31(28,29)12-15-8-16(19(25)11-18(15)24)13-6-4-3-5-7-13/h3-11,26H,2,12H2,1H3. The molecule has 3 aromatic rings. The molecule has 0 amide bonds. The van der Waals surface area contributed by atoms with Crippen LogP contribution in [-0.2, 0) is 20.3 Å². The fourth-order valence-electron chi connectivity index (χ4n) is 2.97. The number of hydrogen-bond acceptors (Lipinski definition) is 5. The van der Waals surface area contributed by atoms with E-state index in [-0.39, 0.29) is 28.3 Å². The first-order valence-electron chi connectivity index (χ1n) is 9.09. The lowest BCUT2D eigenvalue weighted by Gasteiger charge is -2.12. The topological polar surface area (TPSA) is 80.7 Å². The molecule has 0 unspecified atom stereocenters. The van der Waals surface area contributed by atoms with Crippen LogP contribution in [0.5, 0.6) is 5.75 Å². The quantitative estimate of drug-likeness (QED) is 0.509. The SMILES string of the molecule is CCOC(=O)c1cc(Cl)c(O)c(S(=O)(=O)Cc2cc(-c3ccccc3)c(F)cc2F)c1. The first-order chi connectivity index (χ1) is 14.6. The van der Waals surface area contributed by atoms with Crippen LogP contribution < -0.4 is 0 Å². The molecule has 0 saturated heterocycles. The predicted octanol–water partition coefficient (Wildman–Crippen LogP) is 5.14. The van der Waals surface area contributed by atoms with Crippen molar-refractivity contribution in [1.29, 1.82) is 0 Å². The number of esters is 1. The Morgan fingerprint density at radius 3 is 2.39 bits per heavy atom. The van der Waals surface area contributed by atoms with E-state index in [1.807, 2.05) is 0 Å². The number of phenolic OH excluding ortho intramolecular Hbond substituents is 1. The van der Waals surface area contributed by atoms with Crippen molar-refractivity contribution in [2.45, 2.75) is 17.6 Å². The number of ether oxygens (including phenoxy) is 1. The third-order valence-corrected chi connectivity index (χ3v) is 6.40. The zero-order valence-corrected chi connectivity index (χ0v) is 17.8. The third kappa shape index (κ3) is 4.86. The molecule has 0 heterocycles. The van der Waals surface area contributed by atoms with Crippen molar-refractivity contribution in [3.05, 3.63) is 82.4 Å². The van der Waals surface area contributed by atoms with Crippen molar-refractivity contribution in [2.24, 2.45) is 0 Å². The molecule has 0 fully saturated rings. The molecule has 0 saturated carbocycles. The maximum Gasteiger partial charge on any atom is 0.338 e. The highest BCUT2D eigenvalue weighted by Crippen LogP contribution is 2.35. The van der Waals surface area contributed by atoms with Gasteiger partial charge in [0.15, 0.2) is 15.6 Å². The number of hydrogen-bond donors (Lipinski definition) is 1. The van der Waals surface area contributed by atoms with Gasteiger partial charge >= 0.3 is 5.97 Å². The Morgan fingerprint density at radius 1 is 1.06 bits per heavy atom. The Morgan fingerprint density at radius 2 is 1.74 bits per heavy atom. The van der Waals surface area contributed by atoms with Gasteiger partial charge in [-0.1, -0.05) is 41.9 Å². The van der Waals surface area contributed by atoms with Crippen molar-refractivity contribution in [3.8, 4) is 16.9 Å². The summed E-state index contributed by atoms with van der Waals surface area (Å²) in [5, 5.41) is 9.80. The minimum Gasteiger partial charge on any atom is -0.505 e. The molecule has 31 heavy (non-hydrogen) atoms. The second-order valence-electron chi connectivity index (χ2n) is 6.57. The molecule has 0 aliphatic heterocycles. The summed E-state index contributed by atoms with van der Waals surface area (Å²) in [5.41, 5.74) is -0.0336. The normalized spacial score (nSPS) is 11.4. The monoisotopic (exact) mass is 466 g/mol. The van der Waals surface area contributed by atoms with Gasteiger partial charge in [-0.2, -0.15) is 0 Å². The summed E-state index contributed by atoms with van der Waals surface area (Å²) in [6.45, 7) is 1.61. The van der Waals surface area contributed by atoms with Crippen LogP contribution in [0.3, 0.4) is 0 Å². The van der Waals surface area contributed by atoms with Gasteiger partial charge in [-0.3, -0.25) is 0 Å². The summed E-state index contributed by atoms with van der Waals surface area (Å²) in [6.07, 6.45) is 0. The molecule has 0 bridgehead atoms. The lowest BCUT2D eigenvalue weighted by molar-refractivity contribution is 0.0526. The second kappa shape index (κ2) is 9.03. The predicted molar refractivity (Wildman–Crippen MR) is 112 cm³/mol. The van der Waals surface area contributed by atoms with E-state index in [0.717, 1.165) is 18.2 Å². The van der Waals surface area contributed by atoms with Crippen molar-refractivity contribution in [1.82, 2.24) is 0 Å². The summed E-state index contributed by atoms with van der Waals surface area (Å²) in [4.78, 5) is 11.3. The van der Waals surface area contributed by atoms with Crippen LogP contribution in [0.25, 0.3) is 11.1 Å². The lowest BCUT2D eigenvalue weighted by atomic mass is 10.0. The Hall–Kier alpha value is -2.97. The highest BCUT2D eigenvalue weighted by molar-refractivity contribution is 7.90. The zero-order valence-electron chi connectivity index (χ0n) is 16.2. The van der Waals surface area contributed by atoms with Gasteiger partial charge in [-0.25, -0.2) is 22.0 Å². The van der Waals surface area contributed by atoms with Crippen LogP contribution in [0.1, 0.15) is 22.8 Å². The van der Waals surface area contributed by atoms with Gasteiger partial charge in [0.1, 0.15) is 16.5 Å². The Balaban J connectivity index is 2.06. The molecule has 0 aliphatic rings. The van der Waals surface area contributed by atoms with E-state index in [9.17, 15) is 27.1 Å². The Labute approximate surface area is 182 Å². The fraction of sp³-hybridized carbons (Fsp3) is 0.136. The number of sulfone groups is 1. The molecule has 0 aromatic heterocycles. The van der Waals surface area contributed by atoms with E-state index in [0.29, 0.717) is 11.6 Å². The van der Waals surface area contributed by atoms with Gasteiger partial charge in [-0.05, 0) is 30.7 Å². The van der Waals surface area contributed by atoms with Gasteiger partial charge in [0.2, 0.25) is 0 Å². The largest absolute Gasteiger partial charge is 0.505 e. The van der Waals surface area contributed by atoms with Crippen LogP contribution in [0, 0.1) is 11.6 Å². The third-order valence-electron chi connectivity index (χ3n) is 4.44. The maximum atomic E-state index is 14.4. The Kier molecular flexibility index (Phi) is 6.62. The Bertz CT molecular complexity index is 1240. The molecule has 1 N–H and O–H groups in total.